The highest BCUT2D eigenvalue weighted by atomic mass is 32.1. The maximum Gasteiger partial charge on any atom is 0.291 e. The minimum Gasteiger partial charge on any atom is -0.459 e. The van der Waals surface area contributed by atoms with Crippen LogP contribution in [0.2, 0.25) is 0 Å². The van der Waals surface area contributed by atoms with Crippen molar-refractivity contribution in [1.82, 2.24) is 10.6 Å². The minimum absolute atomic E-state index is 0.0743. The van der Waals surface area contributed by atoms with E-state index in [1.54, 1.807) is 12.1 Å². The molecule has 3 heterocycles. The summed E-state index contributed by atoms with van der Waals surface area (Å²) in [6.07, 6.45) is 2.38. The van der Waals surface area contributed by atoms with Crippen molar-refractivity contribution >= 4 is 28.2 Å². The Hall–Kier alpha value is -2.12. The molecule has 0 aromatic carbocycles. The summed E-state index contributed by atoms with van der Waals surface area (Å²) in [6.45, 7) is 5.84. The van der Waals surface area contributed by atoms with Crippen molar-refractivity contribution in [3.05, 3.63) is 40.7 Å². The van der Waals surface area contributed by atoms with Gasteiger partial charge in [-0.15, -0.1) is 11.3 Å². The van der Waals surface area contributed by atoms with Gasteiger partial charge < -0.3 is 20.4 Å². The van der Waals surface area contributed by atoms with Gasteiger partial charge in [-0.2, -0.15) is 0 Å². The first-order valence-electron chi connectivity index (χ1n) is 8.01. The highest BCUT2D eigenvalue weighted by Crippen LogP contribution is 2.27. The summed E-state index contributed by atoms with van der Waals surface area (Å²) in [7, 11) is 0. The molecule has 1 aliphatic heterocycles. The summed E-state index contributed by atoms with van der Waals surface area (Å²) >= 11 is 1.28. The zero-order valence-electron chi connectivity index (χ0n) is 13.7. The number of anilines is 1. The van der Waals surface area contributed by atoms with Gasteiger partial charge >= 0.3 is 0 Å². The van der Waals surface area contributed by atoms with Crippen molar-refractivity contribution in [2.75, 3.05) is 18.4 Å². The van der Waals surface area contributed by atoms with Gasteiger partial charge in [0.1, 0.15) is 0 Å². The molecule has 1 saturated heterocycles. The molecule has 2 aromatic rings. The third-order valence-corrected chi connectivity index (χ3v) is 5.36. The van der Waals surface area contributed by atoms with E-state index in [0.29, 0.717) is 15.8 Å². The van der Waals surface area contributed by atoms with E-state index < -0.39 is 0 Å². The van der Waals surface area contributed by atoms with Crippen LogP contribution in [0, 0.1) is 12.8 Å². The zero-order valence-corrected chi connectivity index (χ0v) is 14.5. The molecule has 0 saturated carbocycles. The summed E-state index contributed by atoms with van der Waals surface area (Å²) in [4.78, 5) is 25.2. The van der Waals surface area contributed by atoms with Crippen LogP contribution in [0.1, 0.15) is 39.1 Å². The van der Waals surface area contributed by atoms with E-state index in [2.05, 4.69) is 22.9 Å². The summed E-state index contributed by atoms with van der Waals surface area (Å²) < 4.78 is 5.07. The van der Waals surface area contributed by atoms with Crippen molar-refractivity contribution in [3.8, 4) is 0 Å². The van der Waals surface area contributed by atoms with Crippen LogP contribution in [0.5, 0.6) is 0 Å². The topological polar surface area (TPSA) is 83.4 Å². The van der Waals surface area contributed by atoms with E-state index in [1.165, 1.54) is 17.6 Å². The fourth-order valence-electron chi connectivity index (χ4n) is 2.81. The largest absolute Gasteiger partial charge is 0.459 e. The van der Waals surface area contributed by atoms with Gasteiger partial charge in [0.25, 0.3) is 11.8 Å². The summed E-state index contributed by atoms with van der Waals surface area (Å²) in [5.74, 6) is 0.256. The quantitative estimate of drug-likeness (QED) is 0.794. The average Bonchev–Trinajstić information content (AvgIpc) is 3.19. The van der Waals surface area contributed by atoms with Crippen LogP contribution in [-0.2, 0) is 0 Å². The van der Waals surface area contributed by atoms with E-state index >= 15 is 0 Å². The van der Waals surface area contributed by atoms with E-state index in [4.69, 9.17) is 4.42 Å². The van der Waals surface area contributed by atoms with Gasteiger partial charge in [0.15, 0.2) is 5.76 Å². The maximum atomic E-state index is 12.6. The fraction of sp³-hybridized carbons (Fsp3) is 0.412. The number of rotatable bonds is 4. The normalized spacial score (nSPS) is 20.6. The predicted octanol–water partition coefficient (Wildman–Crippen LogP) is 2.63. The number of aryl methyl sites for hydroxylation is 1. The Morgan fingerprint density at radius 3 is 2.92 bits per heavy atom. The van der Waals surface area contributed by atoms with Crippen LogP contribution in [0.15, 0.2) is 28.9 Å². The SMILES string of the molecule is Cc1cc(NC(=O)c2ccco2)sc1C(=O)NC1CCNCC1C. The van der Waals surface area contributed by atoms with Gasteiger partial charge in [-0.25, -0.2) is 0 Å². The van der Waals surface area contributed by atoms with Crippen LogP contribution < -0.4 is 16.0 Å². The highest BCUT2D eigenvalue weighted by molar-refractivity contribution is 7.18. The number of thiophene rings is 1. The Morgan fingerprint density at radius 1 is 1.38 bits per heavy atom. The third kappa shape index (κ3) is 3.68. The van der Waals surface area contributed by atoms with Crippen LogP contribution >= 0.6 is 11.3 Å². The number of nitrogens with one attached hydrogen (secondary N) is 3. The molecule has 2 aromatic heterocycles. The second-order valence-electron chi connectivity index (χ2n) is 6.10. The first kappa shape index (κ1) is 16.7. The standard InChI is InChI=1S/C17H21N3O3S/c1-10-8-14(20-16(21)13-4-3-7-23-13)24-15(10)17(22)19-12-5-6-18-9-11(12)2/h3-4,7-8,11-12,18H,5-6,9H2,1-2H3,(H,19,22)(H,20,21). The van der Waals surface area contributed by atoms with Gasteiger partial charge in [0.2, 0.25) is 0 Å². The van der Waals surface area contributed by atoms with Crippen LogP contribution in [0.3, 0.4) is 0 Å². The number of amides is 2. The summed E-state index contributed by atoms with van der Waals surface area (Å²) in [6, 6.07) is 5.25. The smallest absolute Gasteiger partial charge is 0.291 e. The molecule has 2 atom stereocenters. The van der Waals surface area contributed by atoms with Gasteiger partial charge in [0, 0.05) is 6.04 Å². The predicted molar refractivity (Wildman–Crippen MR) is 93.6 cm³/mol. The summed E-state index contributed by atoms with van der Waals surface area (Å²) in [5.41, 5.74) is 0.855. The Balaban J connectivity index is 1.67. The monoisotopic (exact) mass is 347 g/mol. The first-order valence-corrected chi connectivity index (χ1v) is 8.83. The van der Waals surface area contributed by atoms with E-state index in [0.717, 1.165) is 25.1 Å². The number of piperidine rings is 1. The highest BCUT2D eigenvalue weighted by Gasteiger charge is 2.24. The number of carbonyl (C=O) groups excluding carboxylic acids is 2. The lowest BCUT2D eigenvalue weighted by molar-refractivity contribution is 0.0917. The molecule has 0 aliphatic carbocycles. The van der Waals surface area contributed by atoms with Gasteiger partial charge in [-0.1, -0.05) is 6.92 Å². The van der Waals surface area contributed by atoms with Gasteiger partial charge in [-0.3, -0.25) is 9.59 Å². The molecule has 1 aliphatic rings. The Bertz CT molecular complexity index is 724. The van der Waals surface area contributed by atoms with Crippen molar-refractivity contribution in [1.29, 1.82) is 0 Å². The molecular formula is C17H21N3O3S. The number of carbonyl (C=O) groups is 2. The van der Waals surface area contributed by atoms with E-state index in [9.17, 15) is 9.59 Å². The Labute approximate surface area is 144 Å². The Kier molecular flexibility index (Phi) is 5.01. The molecule has 24 heavy (non-hydrogen) atoms. The van der Waals surface area contributed by atoms with Crippen LogP contribution in [-0.4, -0.2) is 30.9 Å². The molecule has 128 valence electrons. The zero-order chi connectivity index (χ0) is 17.1. The molecule has 0 spiro atoms. The number of hydrogen-bond acceptors (Lipinski definition) is 5. The molecule has 3 rings (SSSR count). The maximum absolute atomic E-state index is 12.6. The lowest BCUT2D eigenvalue weighted by Crippen LogP contribution is -2.48. The van der Waals surface area contributed by atoms with Crippen LogP contribution in [0.4, 0.5) is 5.00 Å². The van der Waals surface area contributed by atoms with E-state index in [1.807, 2.05) is 13.0 Å². The van der Waals surface area contributed by atoms with Crippen molar-refractivity contribution in [3.63, 3.8) is 0 Å². The van der Waals surface area contributed by atoms with Crippen molar-refractivity contribution in [2.45, 2.75) is 26.3 Å². The first-order chi connectivity index (χ1) is 11.5. The van der Waals surface area contributed by atoms with Crippen molar-refractivity contribution in [2.24, 2.45) is 5.92 Å². The molecule has 6 nitrogen and oxygen atoms in total. The van der Waals surface area contributed by atoms with E-state index in [-0.39, 0.29) is 23.6 Å². The lowest BCUT2D eigenvalue weighted by Gasteiger charge is -2.30. The van der Waals surface area contributed by atoms with Crippen LogP contribution in [0.25, 0.3) is 0 Å². The average molecular weight is 347 g/mol. The number of hydrogen-bond donors (Lipinski definition) is 3. The molecule has 7 heteroatoms. The lowest BCUT2D eigenvalue weighted by atomic mass is 9.95. The van der Waals surface area contributed by atoms with Gasteiger partial charge in [0.05, 0.1) is 16.1 Å². The molecule has 0 bridgehead atoms. The molecule has 0 radical (unpaired) electrons. The minimum atomic E-state index is -0.319. The molecule has 2 amide bonds. The number of furan rings is 1. The summed E-state index contributed by atoms with van der Waals surface area (Å²) in [5, 5.41) is 9.85. The van der Waals surface area contributed by atoms with Crippen molar-refractivity contribution < 1.29 is 14.0 Å². The second kappa shape index (κ2) is 7.19. The molecular weight excluding hydrogens is 326 g/mol. The molecule has 1 fully saturated rings. The molecule has 3 N–H and O–H groups in total. The Morgan fingerprint density at radius 2 is 2.21 bits per heavy atom. The molecule has 2 unspecified atom stereocenters. The fourth-order valence-corrected chi connectivity index (χ4v) is 3.78. The van der Waals surface area contributed by atoms with Gasteiger partial charge in [-0.05, 0) is 56.1 Å². The third-order valence-electron chi connectivity index (χ3n) is 4.21. The second-order valence-corrected chi connectivity index (χ2v) is 7.16.